The molecule has 1 heterocycles. The summed E-state index contributed by atoms with van der Waals surface area (Å²) >= 11 is 0. The molecule has 0 fully saturated rings. The third kappa shape index (κ3) is 4.23. The molecule has 0 unspecified atom stereocenters. The first kappa shape index (κ1) is 15.1. The summed E-state index contributed by atoms with van der Waals surface area (Å²) in [6.45, 7) is -3.06. The van der Waals surface area contributed by atoms with E-state index >= 15 is 0 Å². The van der Waals surface area contributed by atoms with Crippen LogP contribution in [0.15, 0.2) is 151 Å². The maximum Gasteiger partial charge on any atom is 0.114 e. The number of nitrogens with zero attached hydrogens (tertiary/aromatic N) is 2. The predicted octanol–water partition coefficient (Wildman–Crippen LogP) is 10.9. The van der Waals surface area contributed by atoms with Gasteiger partial charge < -0.3 is 0 Å². The van der Waals surface area contributed by atoms with E-state index in [2.05, 4.69) is 4.98 Å². The lowest BCUT2D eigenvalue weighted by Crippen LogP contribution is -2.00. The van der Waals surface area contributed by atoms with Crippen LogP contribution >= 0.6 is 0 Å². The summed E-state index contributed by atoms with van der Waals surface area (Å²) < 4.78 is 114. The minimum Gasteiger partial charge on any atom is -0.296 e. The van der Waals surface area contributed by atoms with Crippen LogP contribution in [0.1, 0.15) is 30.5 Å². The topological polar surface area (TPSA) is 17.8 Å². The van der Waals surface area contributed by atoms with Gasteiger partial charge in [0.05, 0.1) is 22.0 Å². The number of hydrogen-bond acceptors (Lipinski definition) is 1. The molecule has 7 aromatic carbocycles. The average Bonchev–Trinajstić information content (AvgIpc) is 3.60. The van der Waals surface area contributed by atoms with Gasteiger partial charge in [0.2, 0.25) is 0 Å². The van der Waals surface area contributed by atoms with Crippen LogP contribution in [0.25, 0.3) is 71.6 Å². The first-order valence-electron chi connectivity index (χ1n) is 20.2. The van der Waals surface area contributed by atoms with Gasteiger partial charge in [-0.15, -0.1) is 0 Å². The van der Waals surface area contributed by atoms with Gasteiger partial charge in [-0.2, -0.15) is 0 Å². The van der Waals surface area contributed by atoms with E-state index < -0.39 is 49.5 Å². The zero-order valence-electron chi connectivity index (χ0n) is 35.7. The molecule has 0 bridgehead atoms. The molecule has 0 spiro atoms. The highest BCUT2D eigenvalue weighted by Crippen LogP contribution is 2.44. The Kier molecular flexibility index (Phi) is 3.67. The highest BCUT2D eigenvalue weighted by atomic mass is 15.1. The van der Waals surface area contributed by atoms with E-state index in [1.54, 1.807) is 60.7 Å². The third-order valence-corrected chi connectivity index (χ3v) is 7.72. The molecule has 2 nitrogen and oxygen atoms in total. The molecule has 0 saturated heterocycles. The van der Waals surface area contributed by atoms with Crippen molar-refractivity contribution in [3.63, 3.8) is 0 Å². The van der Waals surface area contributed by atoms with Crippen LogP contribution in [0.2, 0.25) is 0 Å². The van der Waals surface area contributed by atoms with Crippen molar-refractivity contribution in [3.8, 4) is 39.1 Å². The number of aryl methyl sites for hydroxylation is 1. The molecule has 0 aliphatic carbocycles. The predicted molar refractivity (Wildman–Crippen MR) is 182 cm³/mol. The second kappa shape index (κ2) is 10.4. The number of benzene rings is 7. The number of para-hydroxylation sites is 2. The van der Waals surface area contributed by atoms with E-state index in [0.717, 1.165) is 11.1 Å². The zero-order valence-corrected chi connectivity index (χ0v) is 22.7. The Labute approximate surface area is 269 Å². The summed E-state index contributed by atoms with van der Waals surface area (Å²) in [5.74, 6) is -0.340. The molecule has 0 saturated carbocycles. The van der Waals surface area contributed by atoms with Crippen LogP contribution in [0.3, 0.4) is 0 Å². The standard InChI is InChI=1S/C41H30N2/c1-2-39-42-37-21-10-11-22-38(37)43(39)32-25-23-29(24-26-32)40-33-17-6-8-19-35(33)41(36-20-9-7-18-34(36)40)31-16-12-15-30(27-31)28-13-4-3-5-14-28/h3-27H,2H2,1H3/i1D3,2D2,6D,7D,8D,9D,17D,18D,19D,20D. The van der Waals surface area contributed by atoms with Gasteiger partial charge in [0.1, 0.15) is 5.82 Å². The monoisotopic (exact) mass is 563 g/mol. The van der Waals surface area contributed by atoms with Crippen LogP contribution in [-0.2, 0) is 6.37 Å². The van der Waals surface area contributed by atoms with Crippen LogP contribution in [0.5, 0.6) is 0 Å². The summed E-state index contributed by atoms with van der Waals surface area (Å²) in [6.07, 6.45) is -2.85. The molecule has 0 atom stereocenters. The van der Waals surface area contributed by atoms with E-state index in [1.807, 2.05) is 42.5 Å². The largest absolute Gasteiger partial charge is 0.296 e. The van der Waals surface area contributed by atoms with Gasteiger partial charge in [-0.25, -0.2) is 4.98 Å². The molecule has 204 valence electrons. The lowest BCUT2D eigenvalue weighted by molar-refractivity contribution is 0.908. The Morgan fingerprint density at radius 1 is 0.605 bits per heavy atom. The number of rotatable bonds is 5. The molecule has 0 radical (unpaired) electrons. The summed E-state index contributed by atoms with van der Waals surface area (Å²) in [7, 11) is 0. The third-order valence-electron chi connectivity index (χ3n) is 7.72. The van der Waals surface area contributed by atoms with Crippen molar-refractivity contribution in [2.45, 2.75) is 13.2 Å². The first-order chi connectivity index (χ1) is 26.5. The highest BCUT2D eigenvalue weighted by Gasteiger charge is 2.17. The highest BCUT2D eigenvalue weighted by molar-refractivity contribution is 6.21. The Hall–Kier alpha value is -5.47. The molecule has 1 aromatic heterocycles. The Morgan fingerprint density at radius 2 is 1.19 bits per heavy atom. The van der Waals surface area contributed by atoms with E-state index in [1.165, 1.54) is 4.57 Å². The fourth-order valence-corrected chi connectivity index (χ4v) is 5.84. The van der Waals surface area contributed by atoms with Gasteiger partial charge in [0.25, 0.3) is 0 Å². The van der Waals surface area contributed by atoms with Gasteiger partial charge >= 0.3 is 0 Å². The SMILES string of the molecule is [2H]c1c([2H])c([2H])c2c(-c3cccc(-c4ccccc4)c3)c3c([2H])c([2H])c([2H])c([2H])c3c(-c3ccc(-n4c(C([2H])([2H])C([2H])([2H])[2H])nc5ccccc54)cc3)c2c1[2H]. The van der Waals surface area contributed by atoms with E-state index in [4.69, 9.17) is 12.3 Å². The number of aromatic nitrogens is 2. The maximum absolute atomic E-state index is 9.26. The van der Waals surface area contributed by atoms with Crippen molar-refractivity contribution in [3.05, 3.63) is 157 Å². The molecule has 0 aliphatic rings. The van der Waals surface area contributed by atoms with E-state index in [-0.39, 0.29) is 50.6 Å². The molecule has 8 aromatic rings. The minimum atomic E-state index is -3.06. The minimum absolute atomic E-state index is 0.0499. The van der Waals surface area contributed by atoms with Crippen molar-refractivity contribution < 1.29 is 17.8 Å². The molecule has 0 N–H and O–H groups in total. The van der Waals surface area contributed by atoms with Crippen LogP contribution in [0.4, 0.5) is 0 Å². The number of fused-ring (bicyclic) bond motifs is 3. The quantitative estimate of drug-likeness (QED) is 0.190. The van der Waals surface area contributed by atoms with Crippen molar-refractivity contribution in [1.82, 2.24) is 9.55 Å². The normalized spacial score (nSPS) is 16.4. The van der Waals surface area contributed by atoms with Gasteiger partial charge in [0, 0.05) is 18.9 Å². The van der Waals surface area contributed by atoms with Crippen molar-refractivity contribution in [2.75, 3.05) is 0 Å². The zero-order chi connectivity index (χ0) is 40.0. The van der Waals surface area contributed by atoms with Gasteiger partial charge in [-0.05, 0) is 85.3 Å². The first-order valence-corrected chi connectivity index (χ1v) is 13.7. The smallest absolute Gasteiger partial charge is 0.114 e. The molecule has 8 rings (SSSR count). The van der Waals surface area contributed by atoms with Gasteiger partial charge in [-0.3, -0.25) is 4.57 Å². The van der Waals surface area contributed by atoms with Crippen molar-refractivity contribution >= 4 is 32.6 Å². The summed E-state index contributed by atoms with van der Waals surface area (Å²) in [5, 5.41) is 0.251. The fraction of sp³-hybridized carbons (Fsp3) is 0.0488. The van der Waals surface area contributed by atoms with Crippen molar-refractivity contribution in [2.24, 2.45) is 0 Å². The molecule has 43 heavy (non-hydrogen) atoms. The molecule has 0 aliphatic heterocycles. The van der Waals surface area contributed by atoms with Crippen LogP contribution < -0.4 is 0 Å². The second-order valence-corrected chi connectivity index (χ2v) is 10.1. The van der Waals surface area contributed by atoms with Crippen molar-refractivity contribution in [1.29, 1.82) is 0 Å². The lowest BCUT2D eigenvalue weighted by atomic mass is 9.85. The van der Waals surface area contributed by atoms with Gasteiger partial charge in [-0.1, -0.05) is 128 Å². The Morgan fingerprint density at radius 3 is 1.86 bits per heavy atom. The Bertz CT molecular complexity index is 2820. The van der Waals surface area contributed by atoms with Crippen LogP contribution in [0, 0.1) is 0 Å². The molecule has 2 heteroatoms. The lowest BCUT2D eigenvalue weighted by Gasteiger charge is -2.18. The maximum atomic E-state index is 9.26. The van der Waals surface area contributed by atoms with E-state index in [0.29, 0.717) is 27.8 Å². The molecule has 0 amide bonds. The van der Waals surface area contributed by atoms with Crippen LogP contribution in [-0.4, -0.2) is 9.55 Å². The summed E-state index contributed by atoms with van der Waals surface area (Å²) in [5.41, 5.74) is 4.04. The Balaban J connectivity index is 1.49. The number of hydrogen-bond donors (Lipinski definition) is 0. The summed E-state index contributed by atoms with van der Waals surface area (Å²) in [4.78, 5) is 4.39. The van der Waals surface area contributed by atoms with E-state index in [9.17, 15) is 5.48 Å². The average molecular weight is 564 g/mol. The summed E-state index contributed by atoms with van der Waals surface area (Å²) in [6, 6.07) is 26.3. The second-order valence-electron chi connectivity index (χ2n) is 10.1. The molecular weight excluding hydrogens is 520 g/mol. The number of imidazole rings is 1. The molecular formula is C41H30N2. The van der Waals surface area contributed by atoms with Gasteiger partial charge in [0.15, 0.2) is 0 Å². The fourth-order valence-electron chi connectivity index (χ4n) is 5.84.